The lowest BCUT2D eigenvalue weighted by Gasteiger charge is -2.32. The largest absolute Gasteiger partial charge is 0.342 e. The van der Waals surface area contributed by atoms with Crippen LogP contribution in [0.3, 0.4) is 0 Å². The highest BCUT2D eigenvalue weighted by atomic mass is 35.5. The molecular weight excluding hydrogens is 342 g/mol. The summed E-state index contributed by atoms with van der Waals surface area (Å²) >= 11 is 6.04. The van der Waals surface area contributed by atoms with Gasteiger partial charge >= 0.3 is 0 Å². The van der Waals surface area contributed by atoms with Crippen LogP contribution in [0.15, 0.2) is 18.2 Å². The van der Waals surface area contributed by atoms with E-state index in [9.17, 15) is 14.4 Å². The van der Waals surface area contributed by atoms with Gasteiger partial charge in [-0.3, -0.25) is 14.4 Å². The van der Waals surface area contributed by atoms with Gasteiger partial charge in [-0.1, -0.05) is 11.6 Å². The Bertz CT molecular complexity index is 703. The highest BCUT2D eigenvalue weighted by Gasteiger charge is 2.36. The second kappa shape index (κ2) is 7.44. The highest BCUT2D eigenvalue weighted by molar-refractivity contribution is 6.33. The number of hydrogen-bond acceptors (Lipinski definition) is 3. The maximum atomic E-state index is 12.6. The summed E-state index contributed by atoms with van der Waals surface area (Å²) in [4.78, 5) is 37.8. The maximum absolute atomic E-state index is 12.6. The number of hydrogen-bond donors (Lipinski definition) is 2. The molecule has 3 amide bonds. The molecule has 2 aliphatic rings. The fourth-order valence-corrected chi connectivity index (χ4v) is 3.28. The lowest BCUT2D eigenvalue weighted by atomic mass is 9.96. The van der Waals surface area contributed by atoms with E-state index in [4.69, 9.17) is 11.6 Å². The summed E-state index contributed by atoms with van der Waals surface area (Å²) < 4.78 is 0. The van der Waals surface area contributed by atoms with Crippen LogP contribution in [-0.4, -0.2) is 35.7 Å². The third-order valence-corrected chi connectivity index (χ3v) is 4.90. The molecule has 1 aromatic rings. The Labute approximate surface area is 151 Å². The summed E-state index contributed by atoms with van der Waals surface area (Å²) in [5, 5.41) is 5.91. The lowest BCUT2D eigenvalue weighted by molar-refractivity contribution is -0.135. The molecule has 0 radical (unpaired) electrons. The zero-order valence-electron chi connectivity index (χ0n) is 14.2. The molecule has 2 fully saturated rings. The van der Waals surface area contributed by atoms with Crippen LogP contribution in [0.25, 0.3) is 0 Å². The average molecular weight is 364 g/mol. The van der Waals surface area contributed by atoms with Gasteiger partial charge < -0.3 is 15.5 Å². The van der Waals surface area contributed by atoms with Crippen molar-refractivity contribution in [3.05, 3.63) is 23.2 Å². The summed E-state index contributed by atoms with van der Waals surface area (Å²) in [6, 6.07) is 4.96. The van der Waals surface area contributed by atoms with Crippen LogP contribution in [0.5, 0.6) is 0 Å². The first-order valence-corrected chi connectivity index (χ1v) is 8.98. The molecule has 134 valence electrons. The molecular formula is C18H22ClN3O3. The predicted molar refractivity (Wildman–Crippen MR) is 96.4 cm³/mol. The number of rotatable bonds is 4. The first-order valence-electron chi connectivity index (χ1n) is 8.61. The minimum atomic E-state index is -0.230. The number of carbonyl (C=O) groups excluding carboxylic acids is 3. The number of benzene rings is 1. The molecule has 0 aromatic heterocycles. The monoisotopic (exact) mass is 363 g/mol. The molecule has 1 heterocycles. The molecule has 1 aromatic carbocycles. The van der Waals surface area contributed by atoms with E-state index in [-0.39, 0.29) is 29.6 Å². The van der Waals surface area contributed by atoms with Crippen LogP contribution in [0.1, 0.15) is 32.6 Å². The van der Waals surface area contributed by atoms with E-state index in [0.717, 1.165) is 32.2 Å². The smallest absolute Gasteiger partial charge is 0.229 e. The van der Waals surface area contributed by atoms with Crippen LogP contribution >= 0.6 is 11.6 Å². The summed E-state index contributed by atoms with van der Waals surface area (Å²) in [6.45, 7) is 2.62. The van der Waals surface area contributed by atoms with Crippen LogP contribution in [-0.2, 0) is 14.4 Å². The number of nitrogens with zero attached hydrogens (tertiary/aromatic N) is 1. The molecule has 2 N–H and O–H groups in total. The molecule has 6 nitrogen and oxygen atoms in total. The summed E-state index contributed by atoms with van der Waals surface area (Å²) in [6.07, 6.45) is 3.56. The fourth-order valence-electron chi connectivity index (χ4n) is 3.11. The van der Waals surface area contributed by atoms with Crippen molar-refractivity contribution in [1.82, 2.24) is 4.90 Å². The van der Waals surface area contributed by atoms with Crippen molar-refractivity contribution in [2.45, 2.75) is 32.6 Å². The molecule has 25 heavy (non-hydrogen) atoms. The van der Waals surface area contributed by atoms with Gasteiger partial charge in [0.15, 0.2) is 0 Å². The van der Waals surface area contributed by atoms with E-state index >= 15 is 0 Å². The molecule has 1 unspecified atom stereocenters. The van der Waals surface area contributed by atoms with Gasteiger partial charge in [-0.05, 0) is 43.9 Å². The van der Waals surface area contributed by atoms with Gasteiger partial charge in [-0.15, -0.1) is 0 Å². The SMILES string of the molecule is CC(=O)Nc1cc(NC(=O)C2CCCN(C(=O)C3CC3)C2)ccc1Cl. The van der Waals surface area contributed by atoms with E-state index < -0.39 is 0 Å². The van der Waals surface area contributed by atoms with E-state index in [0.29, 0.717) is 22.9 Å². The standard InChI is InChI=1S/C18H22ClN3O3/c1-11(23)20-16-9-14(6-7-15(16)19)21-17(24)13-3-2-8-22(10-13)18(25)12-4-5-12/h6-7,9,12-13H,2-5,8,10H2,1H3,(H,20,23)(H,21,24). The Morgan fingerprint density at radius 2 is 1.88 bits per heavy atom. The Hall–Kier alpha value is -2.08. The van der Waals surface area contributed by atoms with Gasteiger partial charge in [0.2, 0.25) is 17.7 Å². The molecule has 1 saturated heterocycles. The molecule has 7 heteroatoms. The topological polar surface area (TPSA) is 78.5 Å². The highest BCUT2D eigenvalue weighted by Crippen LogP contribution is 2.33. The summed E-state index contributed by atoms with van der Waals surface area (Å²) in [5.74, 6) is -0.178. The van der Waals surface area contributed by atoms with Crippen molar-refractivity contribution >= 4 is 40.7 Å². The van der Waals surface area contributed by atoms with Gasteiger partial charge in [-0.2, -0.15) is 0 Å². The van der Waals surface area contributed by atoms with Crippen LogP contribution < -0.4 is 10.6 Å². The molecule has 1 aliphatic carbocycles. The van der Waals surface area contributed by atoms with E-state index in [1.165, 1.54) is 6.92 Å². The van der Waals surface area contributed by atoms with Crippen molar-refractivity contribution in [1.29, 1.82) is 0 Å². The summed E-state index contributed by atoms with van der Waals surface area (Å²) in [7, 11) is 0. The molecule has 1 atom stereocenters. The second-order valence-electron chi connectivity index (χ2n) is 6.76. The van der Waals surface area contributed by atoms with E-state index in [1.807, 2.05) is 4.90 Å². The first kappa shape index (κ1) is 17.7. The molecule has 0 bridgehead atoms. The minimum Gasteiger partial charge on any atom is -0.342 e. The lowest BCUT2D eigenvalue weighted by Crippen LogP contribution is -2.44. The Balaban J connectivity index is 1.63. The van der Waals surface area contributed by atoms with Gasteiger partial charge in [0.05, 0.1) is 16.6 Å². The van der Waals surface area contributed by atoms with Crippen molar-refractivity contribution < 1.29 is 14.4 Å². The zero-order valence-corrected chi connectivity index (χ0v) is 14.9. The average Bonchev–Trinajstić information content (AvgIpc) is 3.42. The molecule has 0 spiro atoms. The van der Waals surface area contributed by atoms with Crippen molar-refractivity contribution in [2.24, 2.45) is 11.8 Å². The van der Waals surface area contributed by atoms with Gasteiger partial charge in [0.1, 0.15) is 0 Å². The summed E-state index contributed by atoms with van der Waals surface area (Å²) in [5.41, 5.74) is 1.03. The van der Waals surface area contributed by atoms with Crippen molar-refractivity contribution in [3.8, 4) is 0 Å². The minimum absolute atomic E-state index is 0.107. The van der Waals surface area contributed by atoms with Crippen LogP contribution in [0, 0.1) is 11.8 Å². The first-order chi connectivity index (χ1) is 11.9. The van der Waals surface area contributed by atoms with E-state index in [2.05, 4.69) is 10.6 Å². The zero-order chi connectivity index (χ0) is 18.0. The van der Waals surface area contributed by atoms with Gasteiger partial charge in [0, 0.05) is 31.6 Å². The third-order valence-electron chi connectivity index (χ3n) is 4.58. The maximum Gasteiger partial charge on any atom is 0.229 e. The van der Waals surface area contributed by atoms with Gasteiger partial charge in [-0.25, -0.2) is 0 Å². The number of likely N-dealkylation sites (tertiary alicyclic amines) is 1. The number of nitrogens with one attached hydrogen (secondary N) is 2. The molecule has 3 rings (SSSR count). The number of carbonyl (C=O) groups is 3. The van der Waals surface area contributed by atoms with Crippen LogP contribution in [0.2, 0.25) is 5.02 Å². The second-order valence-corrected chi connectivity index (χ2v) is 7.17. The number of halogens is 1. The Morgan fingerprint density at radius 1 is 1.12 bits per heavy atom. The number of anilines is 2. The van der Waals surface area contributed by atoms with E-state index in [1.54, 1.807) is 18.2 Å². The Kier molecular flexibility index (Phi) is 5.27. The number of amides is 3. The van der Waals surface area contributed by atoms with Gasteiger partial charge in [0.25, 0.3) is 0 Å². The Morgan fingerprint density at radius 3 is 2.56 bits per heavy atom. The third kappa shape index (κ3) is 4.51. The predicted octanol–water partition coefficient (Wildman–Crippen LogP) is 2.89. The van der Waals surface area contributed by atoms with Crippen molar-refractivity contribution in [2.75, 3.05) is 23.7 Å². The fraction of sp³-hybridized carbons (Fsp3) is 0.500. The number of piperidine rings is 1. The molecule has 1 saturated carbocycles. The van der Waals surface area contributed by atoms with Crippen molar-refractivity contribution in [3.63, 3.8) is 0 Å². The van der Waals surface area contributed by atoms with Crippen LogP contribution in [0.4, 0.5) is 11.4 Å². The normalized spacial score (nSPS) is 20.1. The quantitative estimate of drug-likeness (QED) is 0.863. The molecule has 1 aliphatic heterocycles.